The first kappa shape index (κ1) is 16.0. The minimum Gasteiger partial charge on any atom is -0.462 e. The van der Waals surface area contributed by atoms with Gasteiger partial charge in [-0.15, -0.1) is 0 Å². The van der Waals surface area contributed by atoms with E-state index in [4.69, 9.17) is 15.3 Å². The van der Waals surface area contributed by atoms with Crippen molar-refractivity contribution in [3.8, 4) is 0 Å². The molecule has 0 spiro atoms. The van der Waals surface area contributed by atoms with Crippen LogP contribution in [0.25, 0.3) is 0 Å². The Kier molecular flexibility index (Phi) is 5.10. The zero-order valence-electron chi connectivity index (χ0n) is 12.2. The van der Waals surface area contributed by atoms with Gasteiger partial charge in [-0.2, -0.15) is 0 Å². The van der Waals surface area contributed by atoms with Crippen LogP contribution in [0, 0.1) is 0 Å². The summed E-state index contributed by atoms with van der Waals surface area (Å²) in [6, 6.07) is 6.28. The molecule has 0 saturated carbocycles. The van der Waals surface area contributed by atoms with Crippen LogP contribution in [-0.4, -0.2) is 24.3 Å². The van der Waals surface area contributed by atoms with Gasteiger partial charge < -0.3 is 9.47 Å². The highest BCUT2D eigenvalue weighted by Gasteiger charge is 2.21. The van der Waals surface area contributed by atoms with Crippen molar-refractivity contribution in [2.75, 3.05) is 11.6 Å². The van der Waals surface area contributed by atoms with E-state index in [0.717, 1.165) is 5.01 Å². The van der Waals surface area contributed by atoms with Gasteiger partial charge in [-0.05, 0) is 45.9 Å². The maximum absolute atomic E-state index is 11.8. The van der Waals surface area contributed by atoms with Gasteiger partial charge in [0.1, 0.15) is 5.60 Å². The van der Waals surface area contributed by atoms with Crippen molar-refractivity contribution in [3.63, 3.8) is 0 Å². The molecule has 0 aliphatic carbocycles. The fourth-order valence-corrected chi connectivity index (χ4v) is 1.41. The second-order valence-corrected chi connectivity index (χ2v) is 5.12. The van der Waals surface area contributed by atoms with Crippen LogP contribution in [0.1, 0.15) is 38.1 Å². The van der Waals surface area contributed by atoms with Gasteiger partial charge >= 0.3 is 12.1 Å². The third-order valence-electron chi connectivity index (χ3n) is 2.23. The lowest BCUT2D eigenvalue weighted by Crippen LogP contribution is -2.41. The summed E-state index contributed by atoms with van der Waals surface area (Å²) in [7, 11) is 0. The monoisotopic (exact) mass is 280 g/mol. The number of amides is 1. The van der Waals surface area contributed by atoms with Gasteiger partial charge in [-0.25, -0.2) is 20.4 Å². The number of nitrogens with two attached hydrogens (primary N) is 1. The Morgan fingerprint density at radius 1 is 1.30 bits per heavy atom. The first-order chi connectivity index (χ1) is 9.24. The zero-order valence-corrected chi connectivity index (χ0v) is 12.2. The number of carbonyl (C=O) groups excluding carboxylic acids is 2. The quantitative estimate of drug-likeness (QED) is 0.398. The number of hydrogen-bond acceptors (Lipinski definition) is 5. The normalized spacial score (nSPS) is 10.8. The third kappa shape index (κ3) is 4.55. The van der Waals surface area contributed by atoms with Gasteiger partial charge in [0.25, 0.3) is 0 Å². The van der Waals surface area contributed by atoms with Gasteiger partial charge in [0.2, 0.25) is 0 Å². The second kappa shape index (κ2) is 6.38. The van der Waals surface area contributed by atoms with E-state index in [2.05, 4.69) is 0 Å². The molecule has 1 aromatic carbocycles. The van der Waals surface area contributed by atoms with Gasteiger partial charge in [0.05, 0.1) is 17.9 Å². The summed E-state index contributed by atoms with van der Waals surface area (Å²) in [5.74, 6) is 5.23. The lowest BCUT2D eigenvalue weighted by Gasteiger charge is -2.24. The average Bonchev–Trinajstić information content (AvgIpc) is 2.36. The molecule has 110 valence electrons. The number of nitrogens with zero attached hydrogens (tertiary/aromatic N) is 1. The Morgan fingerprint density at radius 2 is 1.95 bits per heavy atom. The van der Waals surface area contributed by atoms with Crippen molar-refractivity contribution >= 4 is 17.7 Å². The lowest BCUT2D eigenvalue weighted by molar-refractivity contribution is 0.0522. The number of ether oxygens (including phenoxy) is 2. The number of hydrazine groups is 1. The van der Waals surface area contributed by atoms with Crippen LogP contribution in [-0.2, 0) is 9.47 Å². The Morgan fingerprint density at radius 3 is 2.50 bits per heavy atom. The number of esters is 1. The summed E-state index contributed by atoms with van der Waals surface area (Å²) in [5.41, 5.74) is 0.0288. The van der Waals surface area contributed by atoms with Crippen LogP contribution in [0.2, 0.25) is 0 Å². The fourth-order valence-electron chi connectivity index (χ4n) is 1.41. The van der Waals surface area contributed by atoms with Crippen molar-refractivity contribution in [2.24, 2.45) is 5.84 Å². The first-order valence-electron chi connectivity index (χ1n) is 6.29. The number of hydrogen-bond donors (Lipinski definition) is 1. The van der Waals surface area contributed by atoms with E-state index in [1.165, 1.54) is 6.07 Å². The van der Waals surface area contributed by atoms with Crippen molar-refractivity contribution in [2.45, 2.75) is 33.3 Å². The van der Waals surface area contributed by atoms with Crippen LogP contribution in [0.3, 0.4) is 0 Å². The van der Waals surface area contributed by atoms with Crippen molar-refractivity contribution in [1.29, 1.82) is 0 Å². The number of carbonyl (C=O) groups is 2. The highest BCUT2D eigenvalue weighted by molar-refractivity contribution is 5.93. The highest BCUT2D eigenvalue weighted by Crippen LogP contribution is 2.17. The Balaban J connectivity index is 2.88. The maximum atomic E-state index is 11.8. The Bertz CT molecular complexity index is 494. The molecule has 0 fully saturated rings. The molecular formula is C14H20N2O4. The standard InChI is InChI=1S/C14H20N2O4/c1-5-19-12(17)10-7-6-8-11(9-10)16(15)13(18)20-14(2,3)4/h6-9H,5,15H2,1-4H3. The maximum Gasteiger partial charge on any atom is 0.429 e. The molecular weight excluding hydrogens is 260 g/mol. The predicted molar refractivity (Wildman–Crippen MR) is 75.3 cm³/mol. The first-order valence-corrected chi connectivity index (χ1v) is 6.29. The van der Waals surface area contributed by atoms with E-state index in [9.17, 15) is 9.59 Å². The van der Waals surface area contributed by atoms with Gasteiger partial charge in [-0.3, -0.25) is 0 Å². The minimum atomic E-state index is -0.696. The van der Waals surface area contributed by atoms with E-state index in [1.807, 2.05) is 0 Å². The van der Waals surface area contributed by atoms with E-state index < -0.39 is 17.7 Å². The molecule has 0 aliphatic heterocycles. The molecule has 0 bridgehead atoms. The second-order valence-electron chi connectivity index (χ2n) is 5.12. The third-order valence-corrected chi connectivity index (χ3v) is 2.23. The molecule has 0 aromatic heterocycles. The predicted octanol–water partition coefficient (Wildman–Crippen LogP) is 2.48. The smallest absolute Gasteiger partial charge is 0.429 e. The summed E-state index contributed by atoms with van der Waals surface area (Å²) >= 11 is 0. The molecule has 0 aliphatic rings. The highest BCUT2D eigenvalue weighted by atomic mass is 16.6. The lowest BCUT2D eigenvalue weighted by atomic mass is 10.2. The summed E-state index contributed by atoms with van der Waals surface area (Å²) in [6.45, 7) is 7.23. The van der Waals surface area contributed by atoms with Crippen molar-refractivity contribution in [3.05, 3.63) is 29.8 Å². The number of rotatable bonds is 3. The SMILES string of the molecule is CCOC(=O)c1cccc(N(N)C(=O)OC(C)(C)C)c1. The van der Waals surface area contributed by atoms with Crippen LogP contribution in [0.5, 0.6) is 0 Å². The molecule has 0 saturated heterocycles. The van der Waals surface area contributed by atoms with E-state index >= 15 is 0 Å². The van der Waals surface area contributed by atoms with Crippen LogP contribution in [0.15, 0.2) is 24.3 Å². The van der Waals surface area contributed by atoms with E-state index in [0.29, 0.717) is 11.3 Å². The molecule has 6 nitrogen and oxygen atoms in total. The summed E-state index contributed by atoms with van der Waals surface area (Å²) < 4.78 is 10.0. The van der Waals surface area contributed by atoms with Crippen LogP contribution < -0.4 is 10.9 Å². The number of anilines is 1. The molecule has 0 radical (unpaired) electrons. The molecule has 20 heavy (non-hydrogen) atoms. The molecule has 0 heterocycles. The minimum absolute atomic E-state index is 0.279. The topological polar surface area (TPSA) is 81.9 Å². The molecule has 1 aromatic rings. The largest absolute Gasteiger partial charge is 0.462 e. The zero-order chi connectivity index (χ0) is 15.3. The van der Waals surface area contributed by atoms with Crippen LogP contribution in [0.4, 0.5) is 10.5 Å². The van der Waals surface area contributed by atoms with Crippen molar-refractivity contribution < 1.29 is 19.1 Å². The molecule has 6 heteroatoms. The molecule has 2 N–H and O–H groups in total. The fraction of sp³-hybridized carbons (Fsp3) is 0.429. The van der Waals surface area contributed by atoms with E-state index in [1.54, 1.807) is 45.9 Å². The van der Waals surface area contributed by atoms with E-state index in [-0.39, 0.29) is 6.61 Å². The molecule has 1 rings (SSSR count). The van der Waals surface area contributed by atoms with Crippen LogP contribution >= 0.6 is 0 Å². The molecule has 0 atom stereocenters. The summed E-state index contributed by atoms with van der Waals surface area (Å²) in [4.78, 5) is 23.4. The Hall–Kier alpha value is -2.08. The molecule has 1 amide bonds. The summed E-state index contributed by atoms with van der Waals surface area (Å²) in [5, 5.41) is 0.855. The number of benzene rings is 1. The van der Waals surface area contributed by atoms with Gasteiger partial charge in [-0.1, -0.05) is 6.07 Å². The van der Waals surface area contributed by atoms with Gasteiger partial charge in [0.15, 0.2) is 0 Å². The van der Waals surface area contributed by atoms with Gasteiger partial charge in [0, 0.05) is 0 Å². The van der Waals surface area contributed by atoms with Crippen molar-refractivity contribution in [1.82, 2.24) is 0 Å². The average molecular weight is 280 g/mol. The molecule has 0 unspecified atom stereocenters. The summed E-state index contributed by atoms with van der Waals surface area (Å²) in [6.07, 6.45) is -0.696. The Labute approximate surface area is 118 Å².